The van der Waals surface area contributed by atoms with E-state index in [-0.39, 0.29) is 17.9 Å². The van der Waals surface area contributed by atoms with Crippen LogP contribution in [0.5, 0.6) is 5.75 Å². The van der Waals surface area contributed by atoms with Crippen LogP contribution in [-0.2, 0) is 22.6 Å². The van der Waals surface area contributed by atoms with Crippen LogP contribution in [0.25, 0.3) is 34.2 Å². The quantitative estimate of drug-likeness (QED) is 0.361. The minimum absolute atomic E-state index is 0.176. The maximum absolute atomic E-state index is 11.9. The molecule has 4 aromatic rings. The predicted octanol–water partition coefficient (Wildman–Crippen LogP) is 3.55. The van der Waals surface area contributed by atoms with Gasteiger partial charge in [0.1, 0.15) is 35.4 Å². The number of esters is 1. The van der Waals surface area contributed by atoms with Crippen molar-refractivity contribution in [2.45, 2.75) is 53.8 Å². The van der Waals surface area contributed by atoms with E-state index in [2.05, 4.69) is 38.7 Å². The molecule has 11 heteroatoms. The first-order valence-corrected chi connectivity index (χ1v) is 12.2. The summed E-state index contributed by atoms with van der Waals surface area (Å²) in [6.45, 7) is 11.5. The number of rotatable bonds is 7. The van der Waals surface area contributed by atoms with Crippen LogP contribution in [0.3, 0.4) is 0 Å². The van der Waals surface area contributed by atoms with Crippen LogP contribution < -0.4 is 4.74 Å². The molecule has 4 heterocycles. The van der Waals surface area contributed by atoms with E-state index in [1.165, 1.54) is 4.80 Å². The van der Waals surface area contributed by atoms with Gasteiger partial charge in [0, 0.05) is 17.8 Å². The third-order valence-corrected chi connectivity index (χ3v) is 6.00. The summed E-state index contributed by atoms with van der Waals surface area (Å²) in [5, 5.41) is 13.4. The fourth-order valence-corrected chi connectivity index (χ4v) is 4.24. The van der Waals surface area contributed by atoms with Gasteiger partial charge in [0.25, 0.3) is 0 Å². The van der Waals surface area contributed by atoms with E-state index < -0.39 is 0 Å². The number of carbonyl (C=O) groups excluding carboxylic acids is 1. The van der Waals surface area contributed by atoms with Crippen molar-refractivity contribution in [1.82, 2.24) is 39.3 Å². The minimum atomic E-state index is -0.334. The minimum Gasteiger partial charge on any atom is -0.491 e. The lowest BCUT2D eigenvalue weighted by molar-refractivity contribution is -0.148. The van der Waals surface area contributed by atoms with E-state index >= 15 is 0 Å². The maximum atomic E-state index is 11.9. The first-order valence-electron chi connectivity index (χ1n) is 12.2. The lowest BCUT2D eigenvalue weighted by Gasteiger charge is -2.09. The molecule has 0 N–H and O–H groups in total. The predicted molar refractivity (Wildman–Crippen MR) is 132 cm³/mol. The van der Waals surface area contributed by atoms with Crippen LogP contribution in [0.2, 0.25) is 0 Å². The molecule has 0 radical (unpaired) electrons. The second kappa shape index (κ2) is 9.56. The topological polar surface area (TPSA) is 115 Å². The zero-order chi connectivity index (χ0) is 25.4. The van der Waals surface area contributed by atoms with Crippen LogP contribution in [-0.4, -0.2) is 58.5 Å². The standard InChI is InChI=1S/C25H30N8O3/c1-6-35-25(34)16(4)13-32-26-12-20(30-32)18-7-8-19-22(11-18)36-10-9-31-14-21(28-23(19)31)24-27-17(5)29-33(24)15(2)3/h7-8,11-12,14-16H,6,9-10,13H2,1-5H3. The number of benzene rings is 1. The molecule has 1 aliphatic rings. The Morgan fingerprint density at radius 2 is 1.97 bits per heavy atom. The fourth-order valence-electron chi connectivity index (χ4n) is 4.24. The summed E-state index contributed by atoms with van der Waals surface area (Å²) in [6.07, 6.45) is 3.71. The highest BCUT2D eigenvalue weighted by Gasteiger charge is 2.23. The Kier molecular flexibility index (Phi) is 6.29. The maximum Gasteiger partial charge on any atom is 0.310 e. The number of hydrogen-bond acceptors (Lipinski definition) is 8. The number of ether oxygens (including phenoxy) is 2. The van der Waals surface area contributed by atoms with Crippen molar-refractivity contribution in [1.29, 1.82) is 0 Å². The number of aromatic nitrogens is 8. The van der Waals surface area contributed by atoms with Crippen LogP contribution in [0.1, 0.15) is 39.6 Å². The van der Waals surface area contributed by atoms with Gasteiger partial charge in [-0.25, -0.2) is 14.6 Å². The SMILES string of the molecule is CCOC(=O)C(C)Cn1ncc(-c2ccc3c(c2)OCCn2cc(-c4nc(C)nn4C(C)C)nc2-3)n1. The molecule has 1 atom stereocenters. The Bertz CT molecular complexity index is 1400. The Labute approximate surface area is 209 Å². The van der Waals surface area contributed by atoms with Crippen LogP contribution >= 0.6 is 0 Å². The molecule has 11 nitrogen and oxygen atoms in total. The van der Waals surface area contributed by atoms with Gasteiger partial charge in [0.05, 0.1) is 37.4 Å². The van der Waals surface area contributed by atoms with Gasteiger partial charge in [-0.1, -0.05) is 13.0 Å². The highest BCUT2D eigenvalue weighted by atomic mass is 16.5. The van der Waals surface area contributed by atoms with Crippen molar-refractivity contribution in [3.63, 3.8) is 0 Å². The van der Waals surface area contributed by atoms with E-state index in [4.69, 9.17) is 14.5 Å². The monoisotopic (exact) mass is 490 g/mol. The van der Waals surface area contributed by atoms with E-state index in [1.807, 2.05) is 36.0 Å². The molecule has 0 spiro atoms. The summed E-state index contributed by atoms with van der Waals surface area (Å²) in [5.41, 5.74) is 3.26. The van der Waals surface area contributed by atoms with Gasteiger partial charge in [-0.3, -0.25) is 4.79 Å². The molecule has 1 unspecified atom stereocenters. The van der Waals surface area contributed by atoms with E-state index in [0.717, 1.165) is 40.0 Å². The average molecular weight is 491 g/mol. The van der Waals surface area contributed by atoms with Crippen LogP contribution in [0, 0.1) is 12.8 Å². The molecule has 0 saturated heterocycles. The molecular weight excluding hydrogens is 460 g/mol. The summed E-state index contributed by atoms with van der Waals surface area (Å²) in [4.78, 5) is 23.0. The lowest BCUT2D eigenvalue weighted by atomic mass is 10.1. The summed E-state index contributed by atoms with van der Waals surface area (Å²) in [7, 11) is 0. The second-order valence-electron chi connectivity index (χ2n) is 9.16. The molecular formula is C25H30N8O3. The fraction of sp³-hybridized carbons (Fsp3) is 0.440. The van der Waals surface area contributed by atoms with Gasteiger partial charge in [-0.2, -0.15) is 20.1 Å². The zero-order valence-electron chi connectivity index (χ0n) is 21.2. The van der Waals surface area contributed by atoms with Crippen molar-refractivity contribution in [2.75, 3.05) is 13.2 Å². The molecule has 0 fully saturated rings. The Morgan fingerprint density at radius 3 is 2.75 bits per heavy atom. The van der Waals surface area contributed by atoms with E-state index in [9.17, 15) is 4.79 Å². The summed E-state index contributed by atoms with van der Waals surface area (Å²) in [6, 6.07) is 6.12. The molecule has 0 amide bonds. The van der Waals surface area contributed by atoms with Gasteiger partial charge in [-0.05, 0) is 39.8 Å². The van der Waals surface area contributed by atoms with E-state index in [1.54, 1.807) is 20.0 Å². The van der Waals surface area contributed by atoms with Gasteiger partial charge < -0.3 is 14.0 Å². The van der Waals surface area contributed by atoms with Crippen molar-refractivity contribution >= 4 is 5.97 Å². The van der Waals surface area contributed by atoms with Crippen LogP contribution in [0.4, 0.5) is 0 Å². The average Bonchev–Trinajstić information content (AvgIpc) is 3.56. The summed E-state index contributed by atoms with van der Waals surface area (Å²) in [5.74, 6) is 2.45. The van der Waals surface area contributed by atoms with Crippen LogP contribution in [0.15, 0.2) is 30.6 Å². The normalized spacial score (nSPS) is 13.6. The van der Waals surface area contributed by atoms with Gasteiger partial charge in [0.2, 0.25) is 0 Å². The highest BCUT2D eigenvalue weighted by Crippen LogP contribution is 2.36. The number of aryl methyl sites for hydroxylation is 1. The van der Waals surface area contributed by atoms with E-state index in [0.29, 0.717) is 32.0 Å². The molecule has 0 saturated carbocycles. The molecule has 3 aromatic heterocycles. The third-order valence-electron chi connectivity index (χ3n) is 6.00. The number of imidazole rings is 1. The first kappa shape index (κ1) is 23.7. The molecule has 36 heavy (non-hydrogen) atoms. The number of carbonyl (C=O) groups is 1. The number of fused-ring (bicyclic) bond motifs is 3. The molecule has 188 valence electrons. The zero-order valence-corrected chi connectivity index (χ0v) is 21.2. The lowest BCUT2D eigenvalue weighted by Crippen LogP contribution is -2.21. The van der Waals surface area contributed by atoms with Crippen molar-refractivity contribution < 1.29 is 14.3 Å². The molecule has 0 bridgehead atoms. The first-order chi connectivity index (χ1) is 17.3. The van der Waals surface area contributed by atoms with Gasteiger partial charge in [0.15, 0.2) is 5.82 Å². The van der Waals surface area contributed by atoms with Crippen molar-refractivity contribution in [2.24, 2.45) is 5.92 Å². The van der Waals surface area contributed by atoms with Gasteiger partial charge in [-0.15, -0.1) is 0 Å². The van der Waals surface area contributed by atoms with Crippen molar-refractivity contribution in [3.8, 4) is 39.9 Å². The largest absolute Gasteiger partial charge is 0.491 e. The number of hydrogen-bond donors (Lipinski definition) is 0. The third kappa shape index (κ3) is 4.48. The Balaban J connectivity index is 1.43. The smallest absolute Gasteiger partial charge is 0.310 e. The van der Waals surface area contributed by atoms with Crippen molar-refractivity contribution in [3.05, 3.63) is 36.4 Å². The Morgan fingerprint density at radius 1 is 1.14 bits per heavy atom. The molecule has 5 rings (SSSR count). The summed E-state index contributed by atoms with van der Waals surface area (Å²) < 4.78 is 15.2. The number of nitrogens with zero attached hydrogens (tertiary/aromatic N) is 8. The highest BCUT2D eigenvalue weighted by molar-refractivity contribution is 5.74. The van der Waals surface area contributed by atoms with Gasteiger partial charge >= 0.3 is 5.97 Å². The summed E-state index contributed by atoms with van der Waals surface area (Å²) >= 11 is 0. The Hall–Kier alpha value is -4.02. The molecule has 1 aromatic carbocycles. The molecule has 1 aliphatic heterocycles. The molecule has 0 aliphatic carbocycles. The second-order valence-corrected chi connectivity index (χ2v) is 9.16.